The van der Waals surface area contributed by atoms with E-state index in [1.807, 2.05) is 0 Å². The second-order valence-corrected chi connectivity index (χ2v) is 2.66. The van der Waals surface area contributed by atoms with Crippen LogP contribution in [-0.2, 0) is 4.79 Å². The van der Waals surface area contributed by atoms with Gasteiger partial charge in [-0.05, 0) is 0 Å². The van der Waals surface area contributed by atoms with Crippen molar-refractivity contribution in [2.24, 2.45) is 17.2 Å². The van der Waals surface area contributed by atoms with E-state index in [9.17, 15) is 14.4 Å². The minimum atomic E-state index is -0.928. The van der Waals surface area contributed by atoms with Crippen LogP contribution in [0.4, 0.5) is 9.59 Å². The van der Waals surface area contributed by atoms with Gasteiger partial charge in [-0.25, -0.2) is 14.5 Å². The summed E-state index contributed by atoms with van der Waals surface area (Å²) in [5.41, 5.74) is 15.0. The lowest BCUT2D eigenvalue weighted by Gasteiger charge is -2.14. The highest BCUT2D eigenvalue weighted by molar-refractivity contribution is 5.93. The molecule has 7 N–H and O–H groups in total. The molecule has 0 aliphatic heterocycles. The van der Waals surface area contributed by atoms with Gasteiger partial charge < -0.3 is 22.5 Å². The highest BCUT2D eigenvalue weighted by Gasteiger charge is 2.14. The van der Waals surface area contributed by atoms with Crippen LogP contribution < -0.4 is 22.5 Å². The van der Waals surface area contributed by atoms with Crippen LogP contribution in [0.3, 0.4) is 0 Å². The third kappa shape index (κ3) is 4.50. The zero-order valence-corrected chi connectivity index (χ0v) is 8.19. The van der Waals surface area contributed by atoms with Crippen molar-refractivity contribution < 1.29 is 14.4 Å². The fourth-order valence-corrected chi connectivity index (χ4v) is 0.654. The van der Waals surface area contributed by atoms with Crippen LogP contribution in [0.25, 0.3) is 0 Å². The Kier molecular flexibility index (Phi) is 4.65. The first-order valence-corrected chi connectivity index (χ1v) is 3.91. The number of carbonyl (C=O) groups excluding carboxylic acids is 3. The average molecular weight is 215 g/mol. The Morgan fingerprint density at radius 2 is 1.87 bits per heavy atom. The van der Waals surface area contributed by atoms with E-state index >= 15 is 0 Å². The van der Waals surface area contributed by atoms with Crippen LogP contribution >= 0.6 is 0 Å². The Morgan fingerprint density at radius 1 is 1.33 bits per heavy atom. The van der Waals surface area contributed by atoms with E-state index in [0.29, 0.717) is 4.90 Å². The number of primary amides is 2. The molecule has 0 aromatic carbocycles. The maximum absolute atomic E-state index is 11.2. The largest absolute Gasteiger partial charge is 0.403 e. The number of hydrogen-bond donors (Lipinski definition) is 4. The molecule has 8 nitrogen and oxygen atoms in total. The van der Waals surface area contributed by atoms with Crippen LogP contribution in [0.15, 0.2) is 11.9 Å². The zero-order valence-electron chi connectivity index (χ0n) is 8.19. The topological polar surface area (TPSA) is 145 Å². The van der Waals surface area contributed by atoms with Crippen molar-refractivity contribution in [3.8, 4) is 0 Å². The molecule has 0 atom stereocenters. The van der Waals surface area contributed by atoms with Crippen molar-refractivity contribution in [1.82, 2.24) is 10.2 Å². The summed E-state index contributed by atoms with van der Waals surface area (Å²) < 4.78 is 0. The van der Waals surface area contributed by atoms with Crippen molar-refractivity contribution in [3.63, 3.8) is 0 Å². The fourth-order valence-electron chi connectivity index (χ4n) is 0.654. The highest BCUT2D eigenvalue weighted by atomic mass is 16.2. The summed E-state index contributed by atoms with van der Waals surface area (Å²) in [4.78, 5) is 32.9. The Labute approximate surface area is 86.1 Å². The number of urea groups is 2. The fraction of sp³-hybridized carbons (Fsp3) is 0.286. The van der Waals surface area contributed by atoms with E-state index in [0.717, 1.165) is 6.20 Å². The Hall–Kier alpha value is -2.25. The van der Waals surface area contributed by atoms with Gasteiger partial charge in [0.25, 0.3) is 0 Å². The van der Waals surface area contributed by atoms with Crippen LogP contribution in [0, 0.1) is 0 Å². The Bertz CT molecular complexity index is 312. The van der Waals surface area contributed by atoms with E-state index in [1.165, 1.54) is 7.05 Å². The van der Waals surface area contributed by atoms with Gasteiger partial charge in [0, 0.05) is 18.9 Å². The lowest BCUT2D eigenvalue weighted by atomic mass is 10.3. The van der Waals surface area contributed by atoms with Gasteiger partial charge in [0.1, 0.15) is 0 Å². The highest BCUT2D eigenvalue weighted by Crippen LogP contribution is 1.95. The molecule has 0 rings (SSSR count). The molecule has 15 heavy (non-hydrogen) atoms. The predicted molar refractivity (Wildman–Crippen MR) is 52.0 cm³/mol. The molecule has 0 fully saturated rings. The molecule has 0 aliphatic rings. The van der Waals surface area contributed by atoms with E-state index in [1.54, 1.807) is 0 Å². The van der Waals surface area contributed by atoms with Gasteiger partial charge in [-0.3, -0.25) is 4.79 Å². The van der Waals surface area contributed by atoms with E-state index in [4.69, 9.17) is 17.2 Å². The van der Waals surface area contributed by atoms with Crippen molar-refractivity contribution in [2.75, 3.05) is 7.05 Å². The molecule has 84 valence electrons. The smallest absolute Gasteiger partial charge is 0.329 e. The van der Waals surface area contributed by atoms with Gasteiger partial charge in [-0.2, -0.15) is 0 Å². The van der Waals surface area contributed by atoms with Crippen LogP contribution in [-0.4, -0.2) is 29.9 Å². The second-order valence-electron chi connectivity index (χ2n) is 2.66. The van der Waals surface area contributed by atoms with Gasteiger partial charge in [0.05, 0.1) is 6.42 Å². The number of amides is 5. The lowest BCUT2D eigenvalue weighted by molar-refractivity contribution is -0.117. The summed E-state index contributed by atoms with van der Waals surface area (Å²) in [6.07, 6.45) is 0.784. The molecule has 0 saturated carbocycles. The molecule has 0 heterocycles. The molecule has 0 radical (unpaired) electrons. The van der Waals surface area contributed by atoms with Crippen LogP contribution in [0.1, 0.15) is 6.42 Å². The number of nitrogens with two attached hydrogens (primary N) is 3. The van der Waals surface area contributed by atoms with Crippen molar-refractivity contribution in [1.29, 1.82) is 0 Å². The number of rotatable bonds is 3. The quantitative estimate of drug-likeness (QED) is 0.448. The normalized spacial score (nSPS) is 10.6. The summed E-state index contributed by atoms with van der Waals surface area (Å²) in [6, 6.07) is -1.72. The standard InChI is InChI=1S/C7H13N5O3/c1-12(6(10)14)7(15)11-4(3-8)2-5(9)13/h3H,2,8H2,1H3,(H2,9,13)(H2,10,14)(H,11,15)/b4-3-. The molecule has 0 saturated heterocycles. The van der Waals surface area contributed by atoms with Crippen molar-refractivity contribution >= 4 is 18.0 Å². The summed E-state index contributed by atoms with van der Waals surface area (Å²) in [7, 11) is 1.18. The molecule has 0 aromatic rings. The van der Waals surface area contributed by atoms with E-state index in [-0.39, 0.29) is 12.1 Å². The molecule has 0 spiro atoms. The maximum atomic E-state index is 11.2. The summed E-state index contributed by atoms with van der Waals surface area (Å²) in [6.45, 7) is 0. The molecule has 0 aromatic heterocycles. The average Bonchev–Trinajstić information content (AvgIpc) is 2.14. The molecular formula is C7H13N5O3. The number of imide groups is 1. The van der Waals surface area contributed by atoms with Crippen LogP contribution in [0.2, 0.25) is 0 Å². The second kappa shape index (κ2) is 5.47. The summed E-state index contributed by atoms with van der Waals surface area (Å²) >= 11 is 0. The number of hydrogen-bond acceptors (Lipinski definition) is 4. The third-order valence-corrected chi connectivity index (χ3v) is 1.47. The molecule has 8 heteroatoms. The summed E-state index contributed by atoms with van der Waals surface area (Å²) in [5, 5.41) is 2.20. The minimum absolute atomic E-state index is 0.0978. The van der Waals surface area contributed by atoms with Crippen molar-refractivity contribution in [2.45, 2.75) is 6.42 Å². The van der Waals surface area contributed by atoms with Gasteiger partial charge in [-0.15, -0.1) is 0 Å². The summed E-state index contributed by atoms with van der Waals surface area (Å²) in [5.74, 6) is -0.659. The molecule has 0 unspecified atom stereocenters. The Morgan fingerprint density at radius 3 is 2.20 bits per heavy atom. The van der Waals surface area contributed by atoms with Gasteiger partial charge in [0.15, 0.2) is 0 Å². The molecule has 5 amide bonds. The minimum Gasteiger partial charge on any atom is -0.403 e. The maximum Gasteiger partial charge on any atom is 0.329 e. The predicted octanol–water partition coefficient (Wildman–Crippen LogP) is -1.62. The number of carbonyl (C=O) groups is 3. The SMILES string of the molecule is CN(C(N)=O)C(=O)N/C(=C\N)CC(N)=O. The first kappa shape index (κ1) is 12.8. The number of nitrogens with zero attached hydrogens (tertiary/aromatic N) is 1. The first-order valence-electron chi connectivity index (χ1n) is 3.91. The van der Waals surface area contributed by atoms with E-state index < -0.39 is 18.0 Å². The lowest BCUT2D eigenvalue weighted by Crippen LogP contribution is -2.44. The molecular weight excluding hydrogens is 202 g/mol. The monoisotopic (exact) mass is 215 g/mol. The first-order chi connectivity index (χ1) is 6.88. The van der Waals surface area contributed by atoms with Crippen molar-refractivity contribution in [3.05, 3.63) is 11.9 Å². The van der Waals surface area contributed by atoms with E-state index in [2.05, 4.69) is 5.32 Å². The zero-order chi connectivity index (χ0) is 12.0. The Balaban J connectivity index is 4.38. The third-order valence-electron chi connectivity index (χ3n) is 1.47. The van der Waals surface area contributed by atoms with Gasteiger partial charge >= 0.3 is 12.1 Å². The number of nitrogens with one attached hydrogen (secondary N) is 1. The van der Waals surface area contributed by atoms with Crippen LogP contribution in [0.5, 0.6) is 0 Å². The molecule has 0 bridgehead atoms. The molecule has 0 aliphatic carbocycles. The van der Waals surface area contributed by atoms with Gasteiger partial charge in [-0.1, -0.05) is 0 Å². The van der Waals surface area contributed by atoms with Gasteiger partial charge in [0.2, 0.25) is 5.91 Å².